The second kappa shape index (κ2) is 8.23. The van der Waals surface area contributed by atoms with Gasteiger partial charge in [0.25, 0.3) is 0 Å². The van der Waals surface area contributed by atoms with Crippen molar-refractivity contribution in [2.45, 2.75) is 6.04 Å². The molecule has 3 rings (SSSR count). The zero-order valence-electron chi connectivity index (χ0n) is 15.0. The first kappa shape index (κ1) is 17.6. The van der Waals surface area contributed by atoms with Crippen molar-refractivity contribution >= 4 is 5.69 Å². The van der Waals surface area contributed by atoms with E-state index in [0.29, 0.717) is 6.54 Å². The van der Waals surface area contributed by atoms with E-state index in [4.69, 9.17) is 15.2 Å². The third-order valence-corrected chi connectivity index (χ3v) is 4.90. The zero-order valence-corrected chi connectivity index (χ0v) is 15.0. The van der Waals surface area contributed by atoms with E-state index >= 15 is 0 Å². The Bertz CT molecular complexity index is 684. The number of anilines is 1. The average molecular weight is 341 g/mol. The monoisotopic (exact) mass is 341 g/mol. The maximum absolute atomic E-state index is 6.12. The largest absolute Gasteiger partial charge is 0.496 e. The zero-order chi connectivity index (χ0) is 17.6. The van der Waals surface area contributed by atoms with Crippen LogP contribution in [0, 0.1) is 0 Å². The molecule has 5 heteroatoms. The lowest BCUT2D eigenvalue weighted by molar-refractivity contribution is 0.186. The Morgan fingerprint density at radius 3 is 2.12 bits per heavy atom. The van der Waals surface area contributed by atoms with Gasteiger partial charge < -0.3 is 20.1 Å². The third-order valence-electron chi connectivity index (χ3n) is 4.90. The fourth-order valence-electron chi connectivity index (χ4n) is 3.58. The molecule has 25 heavy (non-hydrogen) atoms. The fraction of sp³-hybridized carbons (Fsp3) is 0.400. The van der Waals surface area contributed by atoms with Crippen LogP contribution >= 0.6 is 0 Å². The van der Waals surface area contributed by atoms with Crippen LogP contribution in [0.25, 0.3) is 0 Å². The van der Waals surface area contributed by atoms with E-state index in [1.165, 1.54) is 5.56 Å². The summed E-state index contributed by atoms with van der Waals surface area (Å²) in [5.74, 6) is 1.83. The molecule has 2 aromatic carbocycles. The lowest BCUT2D eigenvalue weighted by atomic mass is 10.0. The summed E-state index contributed by atoms with van der Waals surface area (Å²) in [4.78, 5) is 4.83. The van der Waals surface area contributed by atoms with Crippen LogP contribution in [0.2, 0.25) is 0 Å². The van der Waals surface area contributed by atoms with E-state index in [-0.39, 0.29) is 6.04 Å². The average Bonchev–Trinajstić information content (AvgIpc) is 2.69. The Balaban J connectivity index is 1.72. The number of rotatable bonds is 6. The van der Waals surface area contributed by atoms with Crippen LogP contribution < -0.4 is 20.1 Å². The molecule has 0 saturated carbocycles. The van der Waals surface area contributed by atoms with E-state index in [1.54, 1.807) is 14.2 Å². The van der Waals surface area contributed by atoms with Crippen LogP contribution in [0.3, 0.4) is 0 Å². The van der Waals surface area contributed by atoms with Crippen molar-refractivity contribution in [2.24, 2.45) is 5.73 Å². The van der Waals surface area contributed by atoms with Gasteiger partial charge >= 0.3 is 0 Å². The molecule has 1 atom stereocenters. The molecule has 2 aromatic rings. The van der Waals surface area contributed by atoms with Gasteiger partial charge in [-0.3, -0.25) is 4.90 Å². The molecule has 0 spiro atoms. The molecule has 0 aliphatic carbocycles. The number of para-hydroxylation sites is 3. The summed E-state index contributed by atoms with van der Waals surface area (Å²) in [7, 11) is 3.44. The van der Waals surface area contributed by atoms with Gasteiger partial charge in [-0.25, -0.2) is 0 Å². The molecule has 1 unspecified atom stereocenters. The molecule has 1 saturated heterocycles. The lowest BCUT2D eigenvalue weighted by Gasteiger charge is -2.40. The third kappa shape index (κ3) is 3.72. The second-order valence-corrected chi connectivity index (χ2v) is 6.19. The molecule has 0 amide bonds. The molecule has 1 aliphatic heterocycles. The Labute approximate surface area is 149 Å². The molecule has 0 aromatic heterocycles. The number of hydrogen-bond acceptors (Lipinski definition) is 5. The van der Waals surface area contributed by atoms with Crippen molar-refractivity contribution in [1.29, 1.82) is 0 Å². The Morgan fingerprint density at radius 2 is 1.48 bits per heavy atom. The molecule has 0 bridgehead atoms. The van der Waals surface area contributed by atoms with Crippen molar-refractivity contribution in [3.63, 3.8) is 0 Å². The Morgan fingerprint density at radius 1 is 0.880 bits per heavy atom. The summed E-state index contributed by atoms with van der Waals surface area (Å²) in [5, 5.41) is 0. The van der Waals surface area contributed by atoms with E-state index in [0.717, 1.165) is 43.4 Å². The number of benzene rings is 2. The van der Waals surface area contributed by atoms with Crippen LogP contribution in [0.15, 0.2) is 48.5 Å². The predicted molar refractivity (Wildman–Crippen MR) is 102 cm³/mol. The number of ether oxygens (including phenoxy) is 2. The normalized spacial score (nSPS) is 16.5. The van der Waals surface area contributed by atoms with E-state index in [1.807, 2.05) is 30.3 Å². The van der Waals surface area contributed by atoms with Crippen molar-refractivity contribution in [1.82, 2.24) is 4.90 Å². The van der Waals surface area contributed by atoms with Gasteiger partial charge in [-0.05, 0) is 18.2 Å². The van der Waals surface area contributed by atoms with Gasteiger partial charge in [0.2, 0.25) is 0 Å². The Kier molecular flexibility index (Phi) is 5.79. The fourth-order valence-corrected chi connectivity index (χ4v) is 3.58. The summed E-state index contributed by atoms with van der Waals surface area (Å²) in [5.41, 5.74) is 8.44. The molecular formula is C20H27N3O2. The van der Waals surface area contributed by atoms with Crippen LogP contribution in [0.5, 0.6) is 11.5 Å². The lowest BCUT2D eigenvalue weighted by Crippen LogP contribution is -2.49. The molecule has 2 N–H and O–H groups in total. The molecule has 134 valence electrons. The quantitative estimate of drug-likeness (QED) is 0.875. The highest BCUT2D eigenvalue weighted by Gasteiger charge is 2.26. The summed E-state index contributed by atoms with van der Waals surface area (Å²) >= 11 is 0. The molecular weight excluding hydrogens is 314 g/mol. The number of hydrogen-bond donors (Lipinski definition) is 1. The first-order valence-electron chi connectivity index (χ1n) is 8.73. The molecule has 5 nitrogen and oxygen atoms in total. The number of nitrogens with two attached hydrogens (primary N) is 1. The maximum atomic E-state index is 6.12. The first-order chi connectivity index (χ1) is 12.3. The topological polar surface area (TPSA) is 51.0 Å². The smallest absolute Gasteiger partial charge is 0.142 e. The summed E-state index contributed by atoms with van der Waals surface area (Å²) in [6.45, 7) is 4.39. The minimum Gasteiger partial charge on any atom is -0.496 e. The van der Waals surface area contributed by atoms with Crippen molar-refractivity contribution in [3.8, 4) is 11.5 Å². The van der Waals surface area contributed by atoms with Gasteiger partial charge in [-0.2, -0.15) is 0 Å². The number of piperazine rings is 1. The van der Waals surface area contributed by atoms with Gasteiger partial charge in [-0.15, -0.1) is 0 Å². The second-order valence-electron chi connectivity index (χ2n) is 6.19. The minimum absolute atomic E-state index is 0.177. The Hall–Kier alpha value is -2.24. The van der Waals surface area contributed by atoms with Gasteiger partial charge in [0, 0.05) is 38.3 Å². The highest BCUT2D eigenvalue weighted by atomic mass is 16.5. The van der Waals surface area contributed by atoms with E-state index < -0.39 is 0 Å². The van der Waals surface area contributed by atoms with Crippen LogP contribution in [0.4, 0.5) is 5.69 Å². The predicted octanol–water partition coefficient (Wildman–Crippen LogP) is 2.53. The van der Waals surface area contributed by atoms with Gasteiger partial charge in [0.1, 0.15) is 11.5 Å². The first-order valence-corrected chi connectivity index (χ1v) is 8.73. The highest BCUT2D eigenvalue weighted by molar-refractivity contribution is 5.58. The van der Waals surface area contributed by atoms with Crippen LogP contribution in [0.1, 0.15) is 11.6 Å². The maximum Gasteiger partial charge on any atom is 0.142 e. The highest BCUT2D eigenvalue weighted by Crippen LogP contribution is 2.32. The van der Waals surface area contributed by atoms with Gasteiger partial charge in [0.15, 0.2) is 0 Å². The molecule has 1 heterocycles. The number of methoxy groups -OCH3 is 2. The summed E-state index contributed by atoms with van der Waals surface area (Å²) < 4.78 is 11.0. The molecule has 1 fully saturated rings. The van der Waals surface area contributed by atoms with Crippen molar-refractivity contribution in [3.05, 3.63) is 54.1 Å². The van der Waals surface area contributed by atoms with Crippen molar-refractivity contribution < 1.29 is 9.47 Å². The van der Waals surface area contributed by atoms with Gasteiger partial charge in [0.05, 0.1) is 25.9 Å². The van der Waals surface area contributed by atoms with Crippen molar-refractivity contribution in [2.75, 3.05) is 51.8 Å². The summed E-state index contributed by atoms with van der Waals surface area (Å²) in [6, 6.07) is 16.5. The van der Waals surface area contributed by atoms with Crippen LogP contribution in [-0.2, 0) is 0 Å². The van der Waals surface area contributed by atoms with Crippen LogP contribution in [-0.4, -0.2) is 51.8 Å². The minimum atomic E-state index is 0.177. The standard InChI is InChI=1S/C20H27N3O2/c1-24-19-9-5-3-7-16(19)18(15-21)23-13-11-22(12-14-23)17-8-4-6-10-20(17)25-2/h3-10,18H,11-15,21H2,1-2H3. The molecule has 1 aliphatic rings. The number of nitrogens with zero attached hydrogens (tertiary/aromatic N) is 2. The summed E-state index contributed by atoms with van der Waals surface area (Å²) in [6.07, 6.45) is 0. The molecule has 0 radical (unpaired) electrons. The van der Waals surface area contributed by atoms with E-state index in [9.17, 15) is 0 Å². The van der Waals surface area contributed by atoms with Gasteiger partial charge in [-0.1, -0.05) is 30.3 Å². The van der Waals surface area contributed by atoms with E-state index in [2.05, 4.69) is 28.0 Å². The SMILES string of the molecule is COc1ccccc1C(CN)N1CCN(c2ccccc2OC)CC1.